The predicted molar refractivity (Wildman–Crippen MR) is 113 cm³/mol. The fourth-order valence-corrected chi connectivity index (χ4v) is 2.26. The van der Waals surface area contributed by atoms with Gasteiger partial charge in [-0.05, 0) is 36.2 Å². The molecule has 0 heterocycles. The standard InChI is InChI=1S/C19H23F2N3O2.HI/c1-22-19(23-10-9-14-3-6-16(25-2)7-4-14)24-11-12-26-18-8-5-15(20)13-17(18)21;/h3-8,13H,9-12H2,1-2H3,(H2,22,23,24);1H. The first kappa shape index (κ1) is 22.9. The van der Waals surface area contributed by atoms with E-state index in [1.165, 1.54) is 11.6 Å². The van der Waals surface area contributed by atoms with Crippen LogP contribution in [0.5, 0.6) is 11.5 Å². The van der Waals surface area contributed by atoms with Crippen molar-refractivity contribution in [3.8, 4) is 11.5 Å². The molecule has 0 bridgehead atoms. The zero-order valence-electron chi connectivity index (χ0n) is 15.3. The molecule has 8 heteroatoms. The molecule has 0 aliphatic rings. The van der Waals surface area contributed by atoms with Crippen LogP contribution in [0.4, 0.5) is 8.78 Å². The van der Waals surface area contributed by atoms with E-state index in [-0.39, 0.29) is 36.3 Å². The van der Waals surface area contributed by atoms with Gasteiger partial charge in [-0.25, -0.2) is 8.78 Å². The van der Waals surface area contributed by atoms with Crippen molar-refractivity contribution in [1.82, 2.24) is 10.6 Å². The molecule has 0 aliphatic heterocycles. The number of benzene rings is 2. The minimum Gasteiger partial charge on any atom is -0.497 e. The molecule has 27 heavy (non-hydrogen) atoms. The highest BCUT2D eigenvalue weighted by atomic mass is 127. The monoisotopic (exact) mass is 491 g/mol. The van der Waals surface area contributed by atoms with Gasteiger partial charge in [0.25, 0.3) is 0 Å². The van der Waals surface area contributed by atoms with Gasteiger partial charge in [0.2, 0.25) is 0 Å². The van der Waals surface area contributed by atoms with Crippen molar-refractivity contribution in [3.05, 3.63) is 59.7 Å². The second kappa shape index (κ2) is 12.3. The molecule has 0 amide bonds. The summed E-state index contributed by atoms with van der Waals surface area (Å²) in [5.74, 6) is 0.135. The van der Waals surface area contributed by atoms with Crippen molar-refractivity contribution < 1.29 is 18.3 Å². The van der Waals surface area contributed by atoms with Crippen molar-refractivity contribution in [2.75, 3.05) is 33.9 Å². The van der Waals surface area contributed by atoms with Crippen LogP contribution in [-0.4, -0.2) is 39.8 Å². The number of methoxy groups -OCH3 is 1. The second-order valence-electron chi connectivity index (χ2n) is 5.45. The molecular weight excluding hydrogens is 467 g/mol. The normalized spacial score (nSPS) is 10.7. The maximum Gasteiger partial charge on any atom is 0.191 e. The van der Waals surface area contributed by atoms with Gasteiger partial charge < -0.3 is 20.1 Å². The van der Waals surface area contributed by atoms with Gasteiger partial charge in [-0.15, -0.1) is 24.0 Å². The van der Waals surface area contributed by atoms with Gasteiger partial charge in [-0.1, -0.05) is 12.1 Å². The van der Waals surface area contributed by atoms with E-state index in [0.717, 1.165) is 24.3 Å². The molecular formula is C19H24F2IN3O2. The lowest BCUT2D eigenvalue weighted by molar-refractivity contribution is 0.304. The summed E-state index contributed by atoms with van der Waals surface area (Å²) in [6.07, 6.45) is 0.835. The molecule has 0 aliphatic carbocycles. The lowest BCUT2D eigenvalue weighted by Crippen LogP contribution is -2.40. The lowest BCUT2D eigenvalue weighted by Gasteiger charge is -2.13. The van der Waals surface area contributed by atoms with Gasteiger partial charge >= 0.3 is 0 Å². The lowest BCUT2D eigenvalue weighted by atomic mass is 10.1. The first-order valence-corrected chi connectivity index (χ1v) is 8.27. The number of rotatable bonds is 8. The van der Waals surface area contributed by atoms with E-state index >= 15 is 0 Å². The number of nitrogens with zero attached hydrogens (tertiary/aromatic N) is 1. The molecule has 0 atom stereocenters. The molecule has 0 unspecified atom stereocenters. The van der Waals surface area contributed by atoms with E-state index < -0.39 is 11.6 Å². The summed E-state index contributed by atoms with van der Waals surface area (Å²) in [5, 5.41) is 6.26. The molecule has 148 valence electrons. The van der Waals surface area contributed by atoms with E-state index in [2.05, 4.69) is 15.6 Å². The quantitative estimate of drug-likeness (QED) is 0.258. The zero-order valence-corrected chi connectivity index (χ0v) is 17.6. The largest absolute Gasteiger partial charge is 0.497 e. The van der Waals surface area contributed by atoms with E-state index in [4.69, 9.17) is 9.47 Å². The first-order chi connectivity index (χ1) is 12.6. The Morgan fingerprint density at radius 3 is 2.37 bits per heavy atom. The van der Waals surface area contributed by atoms with Crippen molar-refractivity contribution >= 4 is 29.9 Å². The average Bonchev–Trinajstić information content (AvgIpc) is 2.65. The van der Waals surface area contributed by atoms with Crippen LogP contribution < -0.4 is 20.1 Å². The van der Waals surface area contributed by atoms with E-state index in [1.807, 2.05) is 24.3 Å². The van der Waals surface area contributed by atoms with Gasteiger partial charge in [-0.2, -0.15) is 0 Å². The van der Waals surface area contributed by atoms with Crippen LogP contribution >= 0.6 is 24.0 Å². The summed E-state index contributed by atoms with van der Waals surface area (Å²) in [6.45, 7) is 1.36. The van der Waals surface area contributed by atoms with Gasteiger partial charge in [0.05, 0.1) is 13.7 Å². The van der Waals surface area contributed by atoms with Crippen molar-refractivity contribution in [3.63, 3.8) is 0 Å². The van der Waals surface area contributed by atoms with Crippen LogP contribution in [0, 0.1) is 11.6 Å². The molecule has 2 aromatic rings. The number of hydrogen-bond donors (Lipinski definition) is 2. The number of aliphatic imine (C=N–C) groups is 1. The summed E-state index contributed by atoms with van der Waals surface area (Å²) in [5.41, 5.74) is 1.18. The van der Waals surface area contributed by atoms with Crippen LogP contribution in [0.25, 0.3) is 0 Å². The van der Waals surface area contributed by atoms with Gasteiger partial charge in [-0.3, -0.25) is 4.99 Å². The molecule has 0 spiro atoms. The Morgan fingerprint density at radius 2 is 1.74 bits per heavy atom. The summed E-state index contributed by atoms with van der Waals surface area (Å²) < 4.78 is 36.7. The Hall–Kier alpha value is -2.10. The van der Waals surface area contributed by atoms with Crippen LogP contribution in [0.15, 0.2) is 47.5 Å². The fraction of sp³-hybridized carbons (Fsp3) is 0.316. The van der Waals surface area contributed by atoms with Crippen LogP contribution in [0.1, 0.15) is 5.56 Å². The molecule has 2 rings (SSSR count). The zero-order chi connectivity index (χ0) is 18.8. The maximum absolute atomic E-state index is 13.4. The van der Waals surface area contributed by atoms with Crippen LogP contribution in [-0.2, 0) is 6.42 Å². The molecule has 0 saturated heterocycles. The van der Waals surface area contributed by atoms with Crippen molar-refractivity contribution in [2.24, 2.45) is 4.99 Å². The van der Waals surface area contributed by atoms with Crippen molar-refractivity contribution in [1.29, 1.82) is 0 Å². The Bertz CT molecular complexity index is 727. The number of ether oxygens (including phenoxy) is 2. The molecule has 2 aromatic carbocycles. The van der Waals surface area contributed by atoms with Crippen molar-refractivity contribution in [2.45, 2.75) is 6.42 Å². The highest BCUT2D eigenvalue weighted by molar-refractivity contribution is 14.0. The minimum atomic E-state index is -0.716. The van der Waals surface area contributed by atoms with Gasteiger partial charge in [0.1, 0.15) is 18.2 Å². The third-order valence-corrected chi connectivity index (χ3v) is 3.63. The highest BCUT2D eigenvalue weighted by Crippen LogP contribution is 2.17. The minimum absolute atomic E-state index is 0. The Balaban J connectivity index is 0.00000364. The molecule has 0 fully saturated rings. The maximum atomic E-state index is 13.4. The van der Waals surface area contributed by atoms with Crippen LogP contribution in [0.3, 0.4) is 0 Å². The van der Waals surface area contributed by atoms with E-state index in [9.17, 15) is 8.78 Å². The highest BCUT2D eigenvalue weighted by Gasteiger charge is 2.05. The van der Waals surface area contributed by atoms with E-state index in [1.54, 1.807) is 14.2 Å². The van der Waals surface area contributed by atoms with Gasteiger partial charge in [0, 0.05) is 19.7 Å². The van der Waals surface area contributed by atoms with Gasteiger partial charge in [0.15, 0.2) is 17.5 Å². The Labute approximate surface area is 175 Å². The SMILES string of the molecule is CN=C(NCCOc1ccc(F)cc1F)NCCc1ccc(OC)cc1.I. The first-order valence-electron chi connectivity index (χ1n) is 8.27. The number of nitrogens with one attached hydrogen (secondary N) is 2. The molecule has 5 nitrogen and oxygen atoms in total. The molecule has 0 saturated carbocycles. The van der Waals surface area contributed by atoms with Crippen LogP contribution in [0.2, 0.25) is 0 Å². The topological polar surface area (TPSA) is 54.9 Å². The predicted octanol–water partition coefficient (Wildman–Crippen LogP) is 3.38. The number of hydrogen-bond acceptors (Lipinski definition) is 3. The summed E-state index contributed by atoms with van der Waals surface area (Å²) in [4.78, 5) is 4.12. The summed E-state index contributed by atoms with van der Waals surface area (Å²) in [7, 11) is 3.31. The fourth-order valence-electron chi connectivity index (χ4n) is 2.26. The number of halogens is 3. The molecule has 0 radical (unpaired) electrons. The summed E-state index contributed by atoms with van der Waals surface area (Å²) in [6, 6.07) is 11.1. The number of guanidine groups is 1. The smallest absolute Gasteiger partial charge is 0.191 e. The molecule has 2 N–H and O–H groups in total. The van der Waals surface area contributed by atoms with E-state index in [0.29, 0.717) is 19.0 Å². The average molecular weight is 491 g/mol. The molecule has 0 aromatic heterocycles. The third kappa shape index (κ3) is 7.98. The Morgan fingerprint density at radius 1 is 1.04 bits per heavy atom. The second-order valence-corrected chi connectivity index (χ2v) is 5.45. The Kier molecular flexibility index (Phi) is 10.5. The third-order valence-electron chi connectivity index (χ3n) is 3.63. The summed E-state index contributed by atoms with van der Waals surface area (Å²) >= 11 is 0.